The Kier molecular flexibility index (Phi) is 6.64. The molecule has 0 bridgehead atoms. The highest BCUT2D eigenvalue weighted by Gasteiger charge is 2.28. The van der Waals surface area contributed by atoms with Gasteiger partial charge in [0, 0.05) is 57.4 Å². The molecular weight excluding hydrogens is 376 g/mol. The van der Waals surface area contributed by atoms with E-state index in [4.69, 9.17) is 10.5 Å². The van der Waals surface area contributed by atoms with Gasteiger partial charge in [-0.2, -0.15) is 0 Å². The number of likely N-dealkylation sites (tertiary alicyclic amines) is 1. The standard InChI is InChI=1S/C19H32N6O2S/c1-19(2,3)27-18(26)25-7-4-5-15(14-25)13-22-16(20)23-8-10-24(11-9-23)17-21-6-12-28-17/h6,12,15H,4-5,7-11,13-14H2,1-3H3,(H2,20,22). The van der Waals surface area contributed by atoms with Crippen LogP contribution in [0, 0.1) is 5.92 Å². The summed E-state index contributed by atoms with van der Waals surface area (Å²) in [6, 6.07) is 0. The molecular formula is C19H32N6O2S. The number of nitrogens with zero attached hydrogens (tertiary/aromatic N) is 5. The maximum Gasteiger partial charge on any atom is 0.410 e. The molecule has 1 aromatic heterocycles. The number of carbonyl (C=O) groups excluding carboxylic acids is 1. The number of rotatable bonds is 3. The molecule has 8 nitrogen and oxygen atoms in total. The molecule has 1 unspecified atom stereocenters. The van der Waals surface area contributed by atoms with Crippen LogP contribution in [-0.2, 0) is 4.74 Å². The van der Waals surface area contributed by atoms with Gasteiger partial charge >= 0.3 is 6.09 Å². The quantitative estimate of drug-likeness (QED) is 0.610. The molecule has 0 spiro atoms. The third-order valence-corrected chi connectivity index (χ3v) is 5.81. The van der Waals surface area contributed by atoms with Crippen LogP contribution in [0.4, 0.5) is 9.93 Å². The zero-order chi connectivity index (χ0) is 20.1. The smallest absolute Gasteiger partial charge is 0.410 e. The van der Waals surface area contributed by atoms with E-state index in [2.05, 4.69) is 19.8 Å². The summed E-state index contributed by atoms with van der Waals surface area (Å²) in [6.07, 6.45) is 3.65. The molecule has 0 radical (unpaired) electrons. The molecule has 9 heteroatoms. The van der Waals surface area contributed by atoms with Crippen LogP contribution < -0.4 is 10.6 Å². The van der Waals surface area contributed by atoms with Crippen molar-refractivity contribution in [3.05, 3.63) is 11.6 Å². The van der Waals surface area contributed by atoms with E-state index in [0.29, 0.717) is 25.0 Å². The van der Waals surface area contributed by atoms with E-state index in [1.54, 1.807) is 16.2 Å². The fourth-order valence-corrected chi connectivity index (χ4v) is 4.22. The molecule has 1 aromatic rings. The topological polar surface area (TPSA) is 87.3 Å². The van der Waals surface area contributed by atoms with Crippen LogP contribution in [0.5, 0.6) is 0 Å². The first-order chi connectivity index (χ1) is 13.3. The summed E-state index contributed by atoms with van der Waals surface area (Å²) >= 11 is 1.67. The van der Waals surface area contributed by atoms with E-state index in [0.717, 1.165) is 50.7 Å². The molecule has 2 N–H and O–H groups in total. The minimum Gasteiger partial charge on any atom is -0.444 e. The molecule has 2 saturated heterocycles. The first-order valence-electron chi connectivity index (χ1n) is 9.99. The maximum absolute atomic E-state index is 12.3. The highest BCUT2D eigenvalue weighted by atomic mass is 32.1. The number of anilines is 1. The predicted molar refractivity (Wildman–Crippen MR) is 113 cm³/mol. The summed E-state index contributed by atoms with van der Waals surface area (Å²) in [5.74, 6) is 0.935. The highest BCUT2D eigenvalue weighted by Crippen LogP contribution is 2.21. The van der Waals surface area contributed by atoms with Crippen LogP contribution >= 0.6 is 11.3 Å². The van der Waals surface area contributed by atoms with E-state index in [1.165, 1.54) is 0 Å². The number of thiazole rings is 1. The second-order valence-corrected chi connectivity index (χ2v) is 9.30. The Bertz CT molecular complexity index is 664. The molecule has 1 amide bonds. The van der Waals surface area contributed by atoms with Gasteiger partial charge in [0.05, 0.1) is 0 Å². The minimum absolute atomic E-state index is 0.229. The summed E-state index contributed by atoms with van der Waals surface area (Å²) < 4.78 is 5.50. The number of hydrogen-bond acceptors (Lipinski definition) is 6. The monoisotopic (exact) mass is 408 g/mol. The number of nitrogens with two attached hydrogens (primary N) is 1. The summed E-state index contributed by atoms with van der Waals surface area (Å²) in [5.41, 5.74) is 5.78. The molecule has 2 fully saturated rings. The lowest BCUT2D eigenvalue weighted by molar-refractivity contribution is 0.0170. The van der Waals surface area contributed by atoms with Gasteiger partial charge in [-0.05, 0) is 39.5 Å². The van der Waals surface area contributed by atoms with Crippen LogP contribution in [0.1, 0.15) is 33.6 Å². The number of aliphatic imine (C=N–C) groups is 1. The lowest BCUT2D eigenvalue weighted by Crippen LogP contribution is -2.51. The minimum atomic E-state index is -0.465. The fraction of sp³-hybridized carbons (Fsp3) is 0.737. The molecule has 28 heavy (non-hydrogen) atoms. The normalized spacial score (nSPS) is 21.8. The van der Waals surface area contributed by atoms with Crippen molar-refractivity contribution in [1.29, 1.82) is 0 Å². The van der Waals surface area contributed by atoms with E-state index in [-0.39, 0.29) is 6.09 Å². The lowest BCUT2D eigenvalue weighted by atomic mass is 9.98. The Labute approximate surface area is 171 Å². The molecule has 0 aliphatic carbocycles. The number of hydrogen-bond donors (Lipinski definition) is 1. The van der Waals surface area contributed by atoms with Crippen molar-refractivity contribution in [2.45, 2.75) is 39.2 Å². The number of ether oxygens (including phenoxy) is 1. The van der Waals surface area contributed by atoms with Crippen LogP contribution in [0.3, 0.4) is 0 Å². The van der Waals surface area contributed by atoms with Crippen molar-refractivity contribution in [1.82, 2.24) is 14.8 Å². The zero-order valence-electron chi connectivity index (χ0n) is 17.1. The molecule has 0 saturated carbocycles. The Morgan fingerprint density at radius 3 is 2.68 bits per heavy atom. The van der Waals surface area contributed by atoms with Crippen LogP contribution in [-0.4, -0.2) is 78.3 Å². The Morgan fingerprint density at radius 1 is 1.29 bits per heavy atom. The molecule has 1 atom stereocenters. The van der Waals surface area contributed by atoms with Crippen LogP contribution in [0.2, 0.25) is 0 Å². The largest absolute Gasteiger partial charge is 0.444 e. The van der Waals surface area contributed by atoms with Gasteiger partial charge < -0.3 is 25.2 Å². The second kappa shape index (κ2) is 8.98. The SMILES string of the molecule is CC(C)(C)OC(=O)N1CCCC(CN=C(N)N2CCN(c3nccs3)CC2)C1. The number of amides is 1. The summed E-state index contributed by atoms with van der Waals surface area (Å²) in [4.78, 5) is 27.5. The van der Waals surface area contributed by atoms with Gasteiger partial charge in [0.25, 0.3) is 0 Å². The Balaban J connectivity index is 1.46. The van der Waals surface area contributed by atoms with Gasteiger partial charge in [0.1, 0.15) is 5.60 Å². The molecule has 2 aliphatic rings. The number of carbonyl (C=O) groups is 1. The highest BCUT2D eigenvalue weighted by molar-refractivity contribution is 7.13. The molecule has 2 aliphatic heterocycles. The predicted octanol–water partition coefficient (Wildman–Crippen LogP) is 2.23. The average Bonchev–Trinajstić information content (AvgIpc) is 3.20. The number of guanidine groups is 1. The average molecular weight is 409 g/mol. The van der Waals surface area contributed by atoms with Gasteiger partial charge in [0.15, 0.2) is 11.1 Å². The van der Waals surface area contributed by atoms with E-state index in [9.17, 15) is 4.79 Å². The van der Waals surface area contributed by atoms with E-state index < -0.39 is 5.60 Å². The van der Waals surface area contributed by atoms with Crippen LogP contribution in [0.25, 0.3) is 0 Å². The molecule has 0 aromatic carbocycles. The van der Waals surface area contributed by atoms with E-state index >= 15 is 0 Å². The summed E-state index contributed by atoms with van der Waals surface area (Å²) in [6.45, 7) is 11.3. The number of piperazine rings is 1. The maximum atomic E-state index is 12.3. The van der Waals surface area contributed by atoms with Gasteiger partial charge in [-0.25, -0.2) is 9.78 Å². The van der Waals surface area contributed by atoms with E-state index in [1.807, 2.05) is 32.3 Å². The second-order valence-electron chi connectivity index (χ2n) is 8.42. The van der Waals surface area contributed by atoms with Gasteiger partial charge in [-0.15, -0.1) is 11.3 Å². The Hall–Kier alpha value is -2.03. The van der Waals surface area contributed by atoms with Crippen molar-refractivity contribution in [3.8, 4) is 0 Å². The van der Waals surface area contributed by atoms with Crippen molar-refractivity contribution in [3.63, 3.8) is 0 Å². The first kappa shape index (κ1) is 20.7. The van der Waals surface area contributed by atoms with Crippen LogP contribution in [0.15, 0.2) is 16.6 Å². The lowest BCUT2D eigenvalue weighted by Gasteiger charge is -2.36. The fourth-order valence-electron chi connectivity index (χ4n) is 3.53. The third kappa shape index (κ3) is 5.73. The third-order valence-electron chi connectivity index (χ3n) is 4.98. The summed E-state index contributed by atoms with van der Waals surface area (Å²) in [5, 5.41) is 3.07. The summed E-state index contributed by atoms with van der Waals surface area (Å²) in [7, 11) is 0. The van der Waals surface area contributed by atoms with Crippen molar-refractivity contribution in [2.75, 3.05) is 50.7 Å². The zero-order valence-corrected chi connectivity index (χ0v) is 18.0. The van der Waals surface area contributed by atoms with Crippen molar-refractivity contribution in [2.24, 2.45) is 16.6 Å². The van der Waals surface area contributed by atoms with Crippen molar-refractivity contribution < 1.29 is 9.53 Å². The Morgan fingerprint density at radius 2 is 2.04 bits per heavy atom. The first-order valence-corrected chi connectivity index (χ1v) is 10.9. The van der Waals surface area contributed by atoms with Gasteiger partial charge in [0.2, 0.25) is 0 Å². The van der Waals surface area contributed by atoms with Gasteiger partial charge in [-0.3, -0.25) is 4.99 Å². The molecule has 3 heterocycles. The molecule has 156 valence electrons. The van der Waals surface area contributed by atoms with Crippen molar-refractivity contribution >= 4 is 28.5 Å². The number of aromatic nitrogens is 1. The molecule has 3 rings (SSSR count). The van der Waals surface area contributed by atoms with Gasteiger partial charge in [-0.1, -0.05) is 0 Å². The number of piperidine rings is 1.